The molecule has 36 heavy (non-hydrogen) atoms. The Kier molecular flexibility index (Phi) is 5.58. The summed E-state index contributed by atoms with van der Waals surface area (Å²) in [6.45, 7) is 5.49. The van der Waals surface area contributed by atoms with E-state index in [1.807, 2.05) is 26.0 Å². The quantitative estimate of drug-likeness (QED) is 0.453. The first-order chi connectivity index (χ1) is 17.1. The number of nitrogens with zero attached hydrogens (tertiary/aromatic N) is 7. The van der Waals surface area contributed by atoms with Crippen LogP contribution in [-0.4, -0.2) is 34.7 Å². The fourth-order valence-electron chi connectivity index (χ4n) is 4.60. The molecule has 1 fully saturated rings. The van der Waals surface area contributed by atoms with Crippen molar-refractivity contribution in [2.24, 2.45) is 0 Å². The lowest BCUT2D eigenvalue weighted by molar-refractivity contribution is -0.141. The van der Waals surface area contributed by atoms with E-state index >= 15 is 0 Å². The first-order valence-electron chi connectivity index (χ1n) is 11.3. The standard InChI is InChI=1S/C24H21F3N8O/c1-11-8-12(2)31-20(30-11)15-5-6-16(15)21-32-22-19(23(36)33-21)17(9-28)34-35(22)13(3)14-4-7-18(29-10-14)24(25,26)27/h4,7-8,10,13,15-16H,5-6H2,1-3H3,(H,32,33,36)/t13-,15-,16-/m0/s1. The molecule has 0 saturated heterocycles. The molecule has 1 aliphatic rings. The second kappa shape index (κ2) is 8.51. The third kappa shape index (κ3) is 4.00. The average molecular weight is 494 g/mol. The Morgan fingerprint density at radius 2 is 1.83 bits per heavy atom. The molecule has 0 amide bonds. The molecular formula is C24H21F3N8O. The van der Waals surface area contributed by atoms with Gasteiger partial charge in [0.2, 0.25) is 0 Å². The highest BCUT2D eigenvalue weighted by molar-refractivity contribution is 5.80. The lowest BCUT2D eigenvalue weighted by atomic mass is 9.72. The van der Waals surface area contributed by atoms with Crippen molar-refractivity contribution in [1.82, 2.24) is 34.7 Å². The Hall–Kier alpha value is -4.14. The van der Waals surface area contributed by atoms with Crippen molar-refractivity contribution in [1.29, 1.82) is 5.26 Å². The highest BCUT2D eigenvalue weighted by atomic mass is 19.4. The summed E-state index contributed by atoms with van der Waals surface area (Å²) in [6, 6.07) is 5.36. The van der Waals surface area contributed by atoms with Crippen LogP contribution in [0.5, 0.6) is 0 Å². The second-order valence-electron chi connectivity index (χ2n) is 9.00. The zero-order chi connectivity index (χ0) is 25.8. The van der Waals surface area contributed by atoms with Gasteiger partial charge in [-0.15, -0.1) is 0 Å². The van der Waals surface area contributed by atoms with E-state index in [4.69, 9.17) is 0 Å². The third-order valence-electron chi connectivity index (χ3n) is 6.57. The molecule has 1 aliphatic carbocycles. The van der Waals surface area contributed by atoms with Gasteiger partial charge >= 0.3 is 6.18 Å². The van der Waals surface area contributed by atoms with Crippen LogP contribution in [0.15, 0.2) is 29.2 Å². The molecular weight excluding hydrogens is 473 g/mol. The van der Waals surface area contributed by atoms with E-state index < -0.39 is 23.5 Å². The summed E-state index contributed by atoms with van der Waals surface area (Å²) in [5.41, 5.74) is 0.701. The topological polar surface area (TPSA) is 126 Å². The van der Waals surface area contributed by atoms with Gasteiger partial charge in [-0.05, 0) is 51.3 Å². The van der Waals surface area contributed by atoms with Crippen molar-refractivity contribution in [2.75, 3.05) is 0 Å². The summed E-state index contributed by atoms with van der Waals surface area (Å²) >= 11 is 0. The van der Waals surface area contributed by atoms with Gasteiger partial charge in [0.05, 0.1) is 6.04 Å². The van der Waals surface area contributed by atoms with Gasteiger partial charge < -0.3 is 4.98 Å². The van der Waals surface area contributed by atoms with E-state index in [1.165, 1.54) is 10.7 Å². The van der Waals surface area contributed by atoms with Crippen molar-refractivity contribution in [3.8, 4) is 6.07 Å². The van der Waals surface area contributed by atoms with Gasteiger partial charge in [-0.1, -0.05) is 6.07 Å². The molecule has 1 N–H and O–H groups in total. The average Bonchev–Trinajstić information content (AvgIpc) is 3.16. The van der Waals surface area contributed by atoms with Gasteiger partial charge in [-0.25, -0.2) is 19.6 Å². The van der Waals surface area contributed by atoms with Gasteiger partial charge in [0, 0.05) is 29.4 Å². The second-order valence-corrected chi connectivity index (χ2v) is 9.00. The molecule has 3 atom stereocenters. The lowest BCUT2D eigenvalue weighted by Crippen LogP contribution is -2.28. The first kappa shape index (κ1) is 23.6. The van der Waals surface area contributed by atoms with Gasteiger partial charge in [0.25, 0.3) is 5.56 Å². The Morgan fingerprint density at radius 3 is 2.39 bits per heavy atom. The summed E-state index contributed by atoms with van der Waals surface area (Å²) in [7, 11) is 0. The highest BCUT2D eigenvalue weighted by Crippen LogP contribution is 2.47. The summed E-state index contributed by atoms with van der Waals surface area (Å²) in [5.74, 6) is 0.990. The number of nitriles is 1. The molecule has 0 aromatic carbocycles. The zero-order valence-electron chi connectivity index (χ0n) is 19.6. The van der Waals surface area contributed by atoms with Crippen molar-refractivity contribution in [3.63, 3.8) is 0 Å². The van der Waals surface area contributed by atoms with E-state index in [9.17, 15) is 23.2 Å². The maximum atomic E-state index is 13.0. The first-order valence-corrected chi connectivity index (χ1v) is 11.3. The van der Waals surface area contributed by atoms with Crippen LogP contribution in [0, 0.1) is 25.2 Å². The van der Waals surface area contributed by atoms with Crippen LogP contribution in [0.3, 0.4) is 0 Å². The van der Waals surface area contributed by atoms with Crippen molar-refractivity contribution in [2.45, 2.75) is 57.7 Å². The van der Waals surface area contributed by atoms with E-state index in [0.717, 1.165) is 36.5 Å². The molecule has 0 aliphatic heterocycles. The Morgan fingerprint density at radius 1 is 1.14 bits per heavy atom. The van der Waals surface area contributed by atoms with Crippen LogP contribution in [0.1, 0.15) is 77.6 Å². The summed E-state index contributed by atoms with van der Waals surface area (Å²) in [6.07, 6.45) is -1.84. The van der Waals surface area contributed by atoms with Crippen molar-refractivity contribution in [3.05, 3.63) is 74.7 Å². The van der Waals surface area contributed by atoms with Crippen LogP contribution in [0.25, 0.3) is 11.0 Å². The zero-order valence-corrected chi connectivity index (χ0v) is 19.6. The molecule has 0 radical (unpaired) electrons. The summed E-state index contributed by atoms with van der Waals surface area (Å²) < 4.78 is 40.2. The minimum Gasteiger partial charge on any atom is -0.310 e. The number of nitrogens with one attached hydrogen (secondary N) is 1. The maximum Gasteiger partial charge on any atom is 0.433 e. The van der Waals surface area contributed by atoms with E-state index in [2.05, 4.69) is 30.0 Å². The number of fused-ring (bicyclic) bond motifs is 1. The number of alkyl halides is 3. The highest BCUT2D eigenvalue weighted by Gasteiger charge is 2.38. The maximum absolute atomic E-state index is 13.0. The number of aryl methyl sites for hydroxylation is 2. The number of pyridine rings is 1. The minimum atomic E-state index is -4.56. The number of H-pyrrole nitrogens is 1. The molecule has 0 unspecified atom stereocenters. The lowest BCUT2D eigenvalue weighted by Gasteiger charge is -2.34. The molecule has 184 valence electrons. The number of hydrogen-bond donors (Lipinski definition) is 1. The predicted octanol–water partition coefficient (Wildman–Crippen LogP) is 4.08. The fraction of sp³-hybridized carbons (Fsp3) is 0.375. The van der Waals surface area contributed by atoms with E-state index in [-0.39, 0.29) is 28.6 Å². The molecule has 5 rings (SSSR count). The SMILES string of the molecule is Cc1cc(C)nc([C@H]2CC[C@@H]2c2nc3c(c(C#N)nn3[C@@H](C)c3ccc(C(F)(F)F)nc3)c(=O)[nH]2)n1. The van der Waals surface area contributed by atoms with Gasteiger partial charge in [-0.3, -0.25) is 9.78 Å². The molecule has 0 bridgehead atoms. The fourth-order valence-corrected chi connectivity index (χ4v) is 4.60. The van der Waals surface area contributed by atoms with Crippen LogP contribution in [-0.2, 0) is 6.18 Å². The number of hydrogen-bond acceptors (Lipinski definition) is 7. The van der Waals surface area contributed by atoms with Crippen LogP contribution in [0.2, 0.25) is 0 Å². The van der Waals surface area contributed by atoms with Crippen LogP contribution in [0.4, 0.5) is 13.2 Å². The number of aromatic nitrogens is 7. The predicted molar refractivity (Wildman–Crippen MR) is 122 cm³/mol. The molecule has 1 saturated carbocycles. The third-order valence-corrected chi connectivity index (χ3v) is 6.57. The molecule has 4 heterocycles. The van der Waals surface area contributed by atoms with Crippen molar-refractivity contribution >= 4 is 11.0 Å². The smallest absolute Gasteiger partial charge is 0.310 e. The molecule has 4 aromatic heterocycles. The number of rotatable bonds is 4. The Labute approximate surface area is 203 Å². The van der Waals surface area contributed by atoms with Gasteiger partial charge in [0.15, 0.2) is 11.3 Å². The summed E-state index contributed by atoms with van der Waals surface area (Å²) in [4.78, 5) is 33.2. The summed E-state index contributed by atoms with van der Waals surface area (Å²) in [5, 5.41) is 13.9. The molecule has 4 aromatic rings. The van der Waals surface area contributed by atoms with Gasteiger partial charge in [-0.2, -0.15) is 23.5 Å². The normalized spacial score (nSPS) is 18.6. The number of aromatic amines is 1. The molecule has 12 heteroatoms. The molecule has 9 nitrogen and oxygen atoms in total. The van der Waals surface area contributed by atoms with Crippen molar-refractivity contribution < 1.29 is 13.2 Å². The van der Waals surface area contributed by atoms with Gasteiger partial charge in [0.1, 0.15) is 28.8 Å². The largest absolute Gasteiger partial charge is 0.433 e. The Bertz CT molecular complexity index is 1550. The van der Waals surface area contributed by atoms with Crippen LogP contribution < -0.4 is 5.56 Å². The minimum absolute atomic E-state index is 0.0208. The van der Waals surface area contributed by atoms with E-state index in [0.29, 0.717) is 17.2 Å². The molecule has 0 spiro atoms. The van der Waals surface area contributed by atoms with Crippen LogP contribution >= 0.6 is 0 Å². The van der Waals surface area contributed by atoms with E-state index in [1.54, 1.807) is 6.92 Å². The number of halogens is 3. The monoisotopic (exact) mass is 494 g/mol. The Balaban J connectivity index is 1.57.